The molecule has 1 aliphatic heterocycles. The van der Waals surface area contributed by atoms with E-state index in [-0.39, 0.29) is 11.2 Å². The monoisotopic (exact) mass is 362 g/mol. The summed E-state index contributed by atoms with van der Waals surface area (Å²) in [7, 11) is 0. The lowest BCUT2D eigenvalue weighted by atomic mass is 10.1. The molecular weight excluding hydrogens is 340 g/mol. The van der Waals surface area contributed by atoms with Gasteiger partial charge in [-0.2, -0.15) is 0 Å². The maximum absolute atomic E-state index is 12.5. The Morgan fingerprint density at radius 1 is 1.25 bits per heavy atom. The summed E-state index contributed by atoms with van der Waals surface area (Å²) in [6, 6.07) is 8.08. The van der Waals surface area contributed by atoms with Gasteiger partial charge in [0, 0.05) is 18.8 Å². The fourth-order valence-electron chi connectivity index (χ4n) is 2.71. The highest BCUT2D eigenvalue weighted by Crippen LogP contribution is 2.31. The molecule has 24 heavy (non-hydrogen) atoms. The number of nitrogens with one attached hydrogen (secondary N) is 1. The number of thioether (sulfide) groups is 1. The van der Waals surface area contributed by atoms with Crippen LogP contribution in [0.25, 0.3) is 0 Å². The van der Waals surface area contributed by atoms with Gasteiger partial charge in [0.2, 0.25) is 11.0 Å². The van der Waals surface area contributed by atoms with Crippen molar-refractivity contribution in [2.75, 3.05) is 18.4 Å². The van der Waals surface area contributed by atoms with E-state index in [1.54, 1.807) is 0 Å². The number of likely N-dealkylation sites (tertiary alicyclic amines) is 1. The molecule has 1 atom stereocenters. The molecule has 0 bridgehead atoms. The van der Waals surface area contributed by atoms with Crippen LogP contribution in [0.15, 0.2) is 28.6 Å². The minimum absolute atomic E-state index is 0.123. The van der Waals surface area contributed by atoms with Gasteiger partial charge in [-0.3, -0.25) is 4.79 Å². The van der Waals surface area contributed by atoms with E-state index in [9.17, 15) is 4.79 Å². The third-order valence-electron chi connectivity index (χ3n) is 4.09. The molecule has 1 amide bonds. The van der Waals surface area contributed by atoms with E-state index in [1.807, 2.05) is 30.0 Å². The Bertz CT molecular complexity index is 697. The second-order valence-corrected chi connectivity index (χ2v) is 8.52. The molecule has 1 N–H and O–H groups in total. The van der Waals surface area contributed by atoms with Crippen molar-refractivity contribution in [3.05, 3.63) is 29.8 Å². The highest BCUT2D eigenvalue weighted by molar-refractivity contribution is 8.02. The SMILES string of the molecule is Cc1ccccc1Nc1nnc(S[C@H](C)C(=O)N2CCCCC2)s1. The van der Waals surface area contributed by atoms with Crippen molar-refractivity contribution in [1.29, 1.82) is 0 Å². The number of benzene rings is 1. The second-order valence-electron chi connectivity index (χ2n) is 5.96. The predicted octanol–water partition coefficient (Wildman–Crippen LogP) is 4.08. The van der Waals surface area contributed by atoms with Crippen molar-refractivity contribution in [3.8, 4) is 0 Å². The largest absolute Gasteiger partial charge is 0.342 e. The van der Waals surface area contributed by atoms with E-state index in [4.69, 9.17) is 0 Å². The number of piperidine rings is 1. The van der Waals surface area contributed by atoms with Crippen LogP contribution in [0.1, 0.15) is 31.7 Å². The average molecular weight is 363 g/mol. The lowest BCUT2D eigenvalue weighted by molar-refractivity contribution is -0.131. The van der Waals surface area contributed by atoms with E-state index < -0.39 is 0 Å². The molecular formula is C17H22N4OS2. The minimum Gasteiger partial charge on any atom is -0.342 e. The van der Waals surface area contributed by atoms with Crippen molar-refractivity contribution >= 4 is 39.8 Å². The number of rotatable bonds is 5. The van der Waals surface area contributed by atoms with Crippen LogP contribution in [0.4, 0.5) is 10.8 Å². The normalized spacial score (nSPS) is 16.0. The molecule has 0 unspecified atom stereocenters. The Balaban J connectivity index is 1.59. The number of carbonyl (C=O) groups is 1. The first-order valence-electron chi connectivity index (χ1n) is 8.25. The molecule has 2 heterocycles. The highest BCUT2D eigenvalue weighted by Gasteiger charge is 2.24. The van der Waals surface area contributed by atoms with Crippen molar-refractivity contribution < 1.29 is 4.79 Å². The number of hydrogen-bond acceptors (Lipinski definition) is 6. The van der Waals surface area contributed by atoms with Crippen LogP contribution < -0.4 is 5.32 Å². The summed E-state index contributed by atoms with van der Waals surface area (Å²) in [5, 5.41) is 12.3. The zero-order chi connectivity index (χ0) is 16.9. The molecule has 0 spiro atoms. The molecule has 1 fully saturated rings. The first kappa shape index (κ1) is 17.2. The molecule has 1 aromatic carbocycles. The minimum atomic E-state index is -0.123. The van der Waals surface area contributed by atoms with Gasteiger partial charge in [-0.05, 0) is 44.7 Å². The third kappa shape index (κ3) is 4.27. The highest BCUT2D eigenvalue weighted by atomic mass is 32.2. The molecule has 1 aliphatic rings. The van der Waals surface area contributed by atoms with Gasteiger partial charge in [0.05, 0.1) is 5.25 Å². The van der Waals surface area contributed by atoms with Gasteiger partial charge in [-0.1, -0.05) is 41.3 Å². The van der Waals surface area contributed by atoms with Gasteiger partial charge in [-0.15, -0.1) is 10.2 Å². The van der Waals surface area contributed by atoms with Gasteiger partial charge < -0.3 is 10.2 Å². The van der Waals surface area contributed by atoms with E-state index in [0.717, 1.165) is 46.7 Å². The van der Waals surface area contributed by atoms with Crippen molar-refractivity contribution in [2.45, 2.75) is 42.7 Å². The summed E-state index contributed by atoms with van der Waals surface area (Å²) in [5.74, 6) is 0.211. The van der Waals surface area contributed by atoms with Gasteiger partial charge in [0.25, 0.3) is 0 Å². The number of anilines is 2. The average Bonchev–Trinajstić information content (AvgIpc) is 3.04. The molecule has 1 saturated heterocycles. The van der Waals surface area contributed by atoms with E-state index >= 15 is 0 Å². The van der Waals surface area contributed by atoms with Crippen LogP contribution in [0, 0.1) is 6.92 Å². The smallest absolute Gasteiger partial charge is 0.235 e. The van der Waals surface area contributed by atoms with E-state index in [0.29, 0.717) is 0 Å². The number of carbonyl (C=O) groups excluding carboxylic acids is 1. The van der Waals surface area contributed by atoms with Crippen molar-refractivity contribution in [2.24, 2.45) is 0 Å². The van der Waals surface area contributed by atoms with Gasteiger partial charge in [0.15, 0.2) is 4.34 Å². The Hall–Kier alpha value is -1.60. The second kappa shape index (κ2) is 7.98. The molecule has 0 radical (unpaired) electrons. The van der Waals surface area contributed by atoms with Crippen molar-refractivity contribution in [1.82, 2.24) is 15.1 Å². The van der Waals surface area contributed by atoms with E-state index in [2.05, 4.69) is 28.5 Å². The first-order valence-corrected chi connectivity index (χ1v) is 9.94. The molecule has 7 heteroatoms. The molecule has 0 aliphatic carbocycles. The third-order valence-corrected chi connectivity index (χ3v) is 6.10. The zero-order valence-electron chi connectivity index (χ0n) is 14.0. The molecule has 128 valence electrons. The van der Waals surface area contributed by atoms with Crippen LogP contribution in [0.2, 0.25) is 0 Å². The summed E-state index contributed by atoms with van der Waals surface area (Å²) in [4.78, 5) is 14.5. The molecule has 0 saturated carbocycles. The first-order chi connectivity index (χ1) is 11.6. The van der Waals surface area contributed by atoms with Crippen LogP contribution >= 0.6 is 23.1 Å². The molecule has 2 aromatic rings. The van der Waals surface area contributed by atoms with Crippen LogP contribution in [0.5, 0.6) is 0 Å². The molecule has 3 rings (SSSR count). The summed E-state index contributed by atoms with van der Waals surface area (Å²) in [5.41, 5.74) is 2.19. The number of amides is 1. The summed E-state index contributed by atoms with van der Waals surface area (Å²) in [6.45, 7) is 5.79. The fraction of sp³-hybridized carbons (Fsp3) is 0.471. The molecule has 1 aromatic heterocycles. The van der Waals surface area contributed by atoms with Gasteiger partial charge >= 0.3 is 0 Å². The van der Waals surface area contributed by atoms with Gasteiger partial charge in [0.1, 0.15) is 0 Å². The fourth-order valence-corrected chi connectivity index (χ4v) is 4.70. The van der Waals surface area contributed by atoms with Gasteiger partial charge in [-0.25, -0.2) is 0 Å². The van der Waals surface area contributed by atoms with Crippen molar-refractivity contribution in [3.63, 3.8) is 0 Å². The Labute approximate surface area is 150 Å². The summed E-state index contributed by atoms with van der Waals surface area (Å²) >= 11 is 2.98. The quantitative estimate of drug-likeness (QED) is 0.812. The number of aryl methyl sites for hydroxylation is 1. The lowest BCUT2D eigenvalue weighted by Crippen LogP contribution is -2.40. The van der Waals surface area contributed by atoms with Crippen LogP contribution in [0.3, 0.4) is 0 Å². The summed E-state index contributed by atoms with van der Waals surface area (Å²) < 4.78 is 0.823. The maximum Gasteiger partial charge on any atom is 0.235 e. The van der Waals surface area contributed by atoms with Crippen LogP contribution in [-0.2, 0) is 4.79 Å². The number of nitrogens with zero attached hydrogens (tertiary/aromatic N) is 3. The number of hydrogen-bond donors (Lipinski definition) is 1. The van der Waals surface area contributed by atoms with Crippen LogP contribution in [-0.4, -0.2) is 39.3 Å². The summed E-state index contributed by atoms with van der Waals surface area (Å²) in [6.07, 6.45) is 3.47. The standard InChI is InChI=1S/C17H22N4OS2/c1-12-8-4-5-9-14(12)18-16-19-20-17(24-16)23-13(2)15(22)21-10-6-3-7-11-21/h4-5,8-9,13H,3,6-7,10-11H2,1-2H3,(H,18,19)/t13-/m1/s1. The zero-order valence-corrected chi connectivity index (χ0v) is 15.6. The Kier molecular flexibility index (Phi) is 5.73. The number of para-hydroxylation sites is 1. The molecule has 5 nitrogen and oxygen atoms in total. The van der Waals surface area contributed by atoms with E-state index in [1.165, 1.54) is 29.5 Å². The lowest BCUT2D eigenvalue weighted by Gasteiger charge is -2.28. The Morgan fingerprint density at radius 2 is 2.00 bits per heavy atom. The topological polar surface area (TPSA) is 58.1 Å². The predicted molar refractivity (Wildman–Crippen MR) is 100 cm³/mol. The maximum atomic E-state index is 12.5. The number of aromatic nitrogens is 2. The Morgan fingerprint density at radius 3 is 2.75 bits per heavy atom.